The van der Waals surface area contributed by atoms with E-state index in [9.17, 15) is 24.3 Å². The maximum absolute atomic E-state index is 13.3. The number of allylic oxidation sites excluding steroid dienone is 4. The second-order valence-corrected chi connectivity index (χ2v) is 8.92. The predicted octanol–water partition coefficient (Wildman–Crippen LogP) is 1.97. The molecule has 0 amide bonds. The van der Waals surface area contributed by atoms with Gasteiger partial charge in [0.2, 0.25) is 5.78 Å². The maximum atomic E-state index is 13.3. The molecule has 1 N–H and O–H groups in total. The van der Waals surface area contributed by atoms with Crippen molar-refractivity contribution in [1.82, 2.24) is 0 Å². The molecule has 3 fully saturated rings. The molecule has 5 heteroatoms. The van der Waals surface area contributed by atoms with Crippen LogP contribution in [0.2, 0.25) is 0 Å². The Labute approximate surface area is 152 Å². The third kappa shape index (κ3) is 1.95. The van der Waals surface area contributed by atoms with Gasteiger partial charge in [-0.15, -0.1) is 0 Å². The molecule has 3 saturated carbocycles. The van der Waals surface area contributed by atoms with Gasteiger partial charge in [0.25, 0.3) is 0 Å². The summed E-state index contributed by atoms with van der Waals surface area (Å²) in [4.78, 5) is 48.3. The Morgan fingerprint density at radius 3 is 2.69 bits per heavy atom. The molecule has 0 aromatic heterocycles. The number of rotatable bonds is 2. The van der Waals surface area contributed by atoms with Crippen molar-refractivity contribution in [2.75, 3.05) is 0 Å². The quantitative estimate of drug-likeness (QED) is 0.604. The van der Waals surface area contributed by atoms with Crippen LogP contribution in [0.5, 0.6) is 0 Å². The van der Waals surface area contributed by atoms with Crippen LogP contribution in [0.1, 0.15) is 46.0 Å². The number of hydrogen-bond donors (Lipinski definition) is 1. The second kappa shape index (κ2) is 5.32. The zero-order valence-corrected chi connectivity index (χ0v) is 15.2. The van der Waals surface area contributed by atoms with Crippen molar-refractivity contribution in [3.05, 3.63) is 23.8 Å². The molecule has 0 bridgehead atoms. The van der Waals surface area contributed by atoms with E-state index in [1.165, 1.54) is 0 Å². The first kappa shape index (κ1) is 17.5. The van der Waals surface area contributed by atoms with Gasteiger partial charge in [-0.1, -0.05) is 25.5 Å². The van der Waals surface area contributed by atoms with E-state index < -0.39 is 22.2 Å². The van der Waals surface area contributed by atoms with Crippen LogP contribution in [-0.4, -0.2) is 34.3 Å². The fourth-order valence-electron chi connectivity index (χ4n) is 6.54. The van der Waals surface area contributed by atoms with E-state index in [4.69, 9.17) is 0 Å². The molecular weight excluding hydrogens is 332 g/mol. The molecule has 138 valence electrons. The van der Waals surface area contributed by atoms with Gasteiger partial charge in [-0.25, -0.2) is 0 Å². The Kier molecular flexibility index (Phi) is 3.59. The molecule has 0 unspecified atom stereocenters. The lowest BCUT2D eigenvalue weighted by Crippen LogP contribution is -2.60. The Morgan fingerprint density at radius 1 is 1.27 bits per heavy atom. The van der Waals surface area contributed by atoms with E-state index in [0.29, 0.717) is 6.42 Å². The number of ketones is 3. The monoisotopic (exact) mass is 356 g/mol. The number of carbonyl (C=O) groups is 4. The van der Waals surface area contributed by atoms with Gasteiger partial charge in [-0.05, 0) is 49.7 Å². The highest BCUT2D eigenvalue weighted by atomic mass is 16.3. The van der Waals surface area contributed by atoms with Gasteiger partial charge in [-0.2, -0.15) is 0 Å². The van der Waals surface area contributed by atoms with Crippen LogP contribution >= 0.6 is 0 Å². The molecule has 5 nitrogen and oxygen atoms in total. The summed E-state index contributed by atoms with van der Waals surface area (Å²) >= 11 is 0. The summed E-state index contributed by atoms with van der Waals surface area (Å²) in [6, 6.07) is 0. The summed E-state index contributed by atoms with van der Waals surface area (Å²) < 4.78 is 0. The van der Waals surface area contributed by atoms with Gasteiger partial charge in [0.1, 0.15) is 11.4 Å². The van der Waals surface area contributed by atoms with Crippen molar-refractivity contribution in [1.29, 1.82) is 0 Å². The second-order valence-electron chi connectivity index (χ2n) is 8.92. The zero-order chi connectivity index (χ0) is 18.9. The van der Waals surface area contributed by atoms with E-state index in [2.05, 4.69) is 0 Å². The summed E-state index contributed by atoms with van der Waals surface area (Å²) in [5.74, 6) is -0.980. The Morgan fingerprint density at radius 2 is 2.00 bits per heavy atom. The fourth-order valence-corrected chi connectivity index (χ4v) is 6.54. The number of fused-ring (bicyclic) bond motifs is 5. The molecular formula is C21H24O5. The van der Waals surface area contributed by atoms with Crippen LogP contribution in [0.15, 0.2) is 23.8 Å². The smallest absolute Gasteiger partial charge is 0.227 e. The predicted molar refractivity (Wildman–Crippen MR) is 93.0 cm³/mol. The molecule has 6 atom stereocenters. The lowest BCUT2D eigenvalue weighted by atomic mass is 9.46. The van der Waals surface area contributed by atoms with Crippen LogP contribution in [0.4, 0.5) is 0 Å². The summed E-state index contributed by atoms with van der Waals surface area (Å²) in [7, 11) is 0. The van der Waals surface area contributed by atoms with E-state index >= 15 is 0 Å². The normalized spacial score (nSPS) is 46.9. The molecule has 4 aliphatic rings. The lowest BCUT2D eigenvalue weighted by molar-refractivity contribution is -0.167. The number of carbonyl (C=O) groups excluding carboxylic acids is 4. The first-order valence-corrected chi connectivity index (χ1v) is 9.36. The third-order valence-corrected chi connectivity index (χ3v) is 7.92. The maximum Gasteiger partial charge on any atom is 0.227 e. The molecule has 0 aromatic rings. The summed E-state index contributed by atoms with van der Waals surface area (Å²) in [6.45, 7) is 3.82. The minimum Gasteiger partial charge on any atom is -0.381 e. The highest BCUT2D eigenvalue weighted by molar-refractivity contribution is 6.29. The van der Waals surface area contributed by atoms with E-state index in [0.717, 1.165) is 18.4 Å². The molecule has 0 heterocycles. The van der Waals surface area contributed by atoms with E-state index in [1.54, 1.807) is 19.1 Å². The largest absolute Gasteiger partial charge is 0.381 e. The van der Waals surface area contributed by atoms with E-state index in [1.807, 2.05) is 13.0 Å². The molecule has 0 spiro atoms. The highest BCUT2D eigenvalue weighted by Gasteiger charge is 2.68. The van der Waals surface area contributed by atoms with Crippen molar-refractivity contribution < 1.29 is 24.3 Å². The van der Waals surface area contributed by atoms with Crippen LogP contribution in [0.25, 0.3) is 0 Å². The van der Waals surface area contributed by atoms with Crippen LogP contribution in [0, 0.1) is 28.6 Å². The van der Waals surface area contributed by atoms with Gasteiger partial charge in [0.15, 0.2) is 12.1 Å². The van der Waals surface area contributed by atoms with Crippen molar-refractivity contribution in [3.8, 4) is 0 Å². The Hall–Kier alpha value is -1.88. The molecule has 0 saturated heterocycles. The average Bonchev–Trinajstić information content (AvgIpc) is 2.86. The van der Waals surface area contributed by atoms with Crippen LogP contribution in [0.3, 0.4) is 0 Å². The SMILES string of the molecule is C[C@]12C=CC(=O)C=C1CC[C@@H]1[C@H]2C(=O)C[C@@]2(C)[C@@H]1CC[C@@]2(O)C(=O)C=O. The third-order valence-electron chi connectivity index (χ3n) is 7.92. The molecule has 4 aliphatic carbocycles. The minimum atomic E-state index is -1.74. The van der Waals surface area contributed by atoms with Gasteiger partial charge in [0.05, 0.1) is 0 Å². The first-order valence-electron chi connectivity index (χ1n) is 9.36. The number of Topliss-reactive ketones (excluding diaryl/α,β-unsaturated/α-hetero) is 2. The molecule has 0 aromatic carbocycles. The van der Waals surface area contributed by atoms with Crippen LogP contribution < -0.4 is 0 Å². The van der Waals surface area contributed by atoms with E-state index in [-0.39, 0.29) is 48.4 Å². The molecule has 0 aliphatic heterocycles. The van der Waals surface area contributed by atoms with Gasteiger partial charge in [0, 0.05) is 23.2 Å². The Balaban J connectivity index is 1.77. The van der Waals surface area contributed by atoms with Crippen molar-refractivity contribution in [2.45, 2.75) is 51.6 Å². The molecule has 26 heavy (non-hydrogen) atoms. The summed E-state index contributed by atoms with van der Waals surface area (Å²) in [5, 5.41) is 11.1. The molecule has 4 rings (SSSR count). The topological polar surface area (TPSA) is 88.5 Å². The highest BCUT2D eigenvalue weighted by Crippen LogP contribution is 2.65. The number of aliphatic hydroxyl groups is 1. The van der Waals surface area contributed by atoms with Gasteiger partial charge < -0.3 is 5.11 Å². The number of hydrogen-bond acceptors (Lipinski definition) is 5. The summed E-state index contributed by atoms with van der Waals surface area (Å²) in [5.41, 5.74) is -2.09. The van der Waals surface area contributed by atoms with Crippen molar-refractivity contribution in [3.63, 3.8) is 0 Å². The van der Waals surface area contributed by atoms with Crippen molar-refractivity contribution in [2.24, 2.45) is 28.6 Å². The summed E-state index contributed by atoms with van der Waals surface area (Å²) in [6.07, 6.45) is 7.77. The number of aldehydes is 1. The standard InChI is InChI=1S/C21H24O5/c1-19-7-5-13(23)9-12(19)3-4-14-15-6-8-21(26,17(25)11-22)20(15,2)10-16(24)18(14)19/h5,7,9,11,14-15,18,26H,3-4,6,8,10H2,1-2H3/t14-,15+,18-,19-,20-,21+/m0/s1. The lowest BCUT2D eigenvalue weighted by Gasteiger charge is -2.56. The fraction of sp³-hybridized carbons (Fsp3) is 0.619. The Bertz CT molecular complexity index is 792. The average molecular weight is 356 g/mol. The van der Waals surface area contributed by atoms with Crippen molar-refractivity contribution >= 4 is 23.6 Å². The van der Waals surface area contributed by atoms with Crippen LogP contribution in [-0.2, 0) is 19.2 Å². The minimum absolute atomic E-state index is 0.0171. The van der Waals surface area contributed by atoms with Gasteiger partial charge in [-0.3, -0.25) is 19.2 Å². The molecule has 0 radical (unpaired) electrons. The first-order chi connectivity index (χ1) is 12.2. The zero-order valence-electron chi connectivity index (χ0n) is 15.2. The van der Waals surface area contributed by atoms with Gasteiger partial charge >= 0.3 is 0 Å².